The van der Waals surface area contributed by atoms with Gasteiger partial charge in [-0.1, -0.05) is 6.92 Å². The number of nitrogens with zero attached hydrogens (tertiary/aromatic N) is 1. The van der Waals surface area contributed by atoms with E-state index in [9.17, 15) is 9.59 Å². The molecule has 6 heteroatoms. The molecule has 1 saturated heterocycles. The third-order valence-corrected chi connectivity index (χ3v) is 3.21. The summed E-state index contributed by atoms with van der Waals surface area (Å²) in [6, 6.07) is 0. The van der Waals surface area contributed by atoms with E-state index in [1.165, 1.54) is 0 Å². The highest BCUT2D eigenvalue weighted by Gasteiger charge is 2.29. The molecule has 1 rings (SSSR count). The molecule has 2 unspecified atom stereocenters. The molecule has 1 amide bonds. The maximum atomic E-state index is 12.3. The van der Waals surface area contributed by atoms with Crippen LogP contribution in [0.25, 0.3) is 0 Å². The lowest BCUT2D eigenvalue weighted by Gasteiger charge is -2.26. The fourth-order valence-electron chi connectivity index (χ4n) is 2.08. The molecule has 1 aliphatic heterocycles. The van der Waals surface area contributed by atoms with Crippen LogP contribution in [0.4, 0.5) is 0 Å². The lowest BCUT2D eigenvalue weighted by molar-refractivity contribution is -0.146. The number of carbonyl (C=O) groups excluding carboxylic acids is 1. The smallest absolute Gasteiger partial charge is 0.308 e. The number of methoxy groups -OCH3 is 1. The van der Waals surface area contributed by atoms with Crippen molar-refractivity contribution in [3.05, 3.63) is 0 Å². The number of ether oxygens (including phenoxy) is 2. The second-order valence-corrected chi connectivity index (χ2v) is 4.87. The van der Waals surface area contributed by atoms with Crippen LogP contribution in [-0.2, 0) is 19.1 Å². The quantitative estimate of drug-likeness (QED) is 0.660. The van der Waals surface area contributed by atoms with Crippen LogP contribution >= 0.6 is 0 Å². The zero-order chi connectivity index (χ0) is 14.3. The van der Waals surface area contributed by atoms with E-state index in [1.807, 2.05) is 0 Å². The van der Waals surface area contributed by atoms with E-state index in [0.717, 1.165) is 12.8 Å². The highest BCUT2D eigenvalue weighted by molar-refractivity contribution is 5.82. The molecule has 1 aliphatic rings. The number of carbonyl (C=O) groups is 2. The van der Waals surface area contributed by atoms with E-state index in [1.54, 1.807) is 18.9 Å². The van der Waals surface area contributed by atoms with Crippen LogP contribution in [0, 0.1) is 5.92 Å². The largest absolute Gasteiger partial charge is 0.481 e. The molecule has 0 radical (unpaired) electrons. The Balaban J connectivity index is 2.56. The van der Waals surface area contributed by atoms with E-state index >= 15 is 0 Å². The van der Waals surface area contributed by atoms with Gasteiger partial charge in [0.05, 0.1) is 5.92 Å². The van der Waals surface area contributed by atoms with Gasteiger partial charge in [0.15, 0.2) is 0 Å². The lowest BCUT2D eigenvalue weighted by atomic mass is 10.1. The maximum absolute atomic E-state index is 12.3. The first-order valence-electron chi connectivity index (χ1n) is 6.68. The second-order valence-electron chi connectivity index (χ2n) is 4.87. The summed E-state index contributed by atoms with van der Waals surface area (Å²) in [6.45, 7) is 3.49. The fourth-order valence-corrected chi connectivity index (χ4v) is 2.08. The van der Waals surface area contributed by atoms with Crippen LogP contribution < -0.4 is 0 Å². The Hall–Kier alpha value is -1.14. The summed E-state index contributed by atoms with van der Waals surface area (Å²) in [5, 5.41) is 8.96. The number of carboxylic acid groups (broad SMARTS) is 1. The van der Waals surface area contributed by atoms with Crippen LogP contribution in [0.1, 0.15) is 26.2 Å². The zero-order valence-corrected chi connectivity index (χ0v) is 11.6. The summed E-state index contributed by atoms with van der Waals surface area (Å²) in [6.07, 6.45) is 1.91. The Morgan fingerprint density at radius 3 is 2.79 bits per heavy atom. The Kier molecular flexibility index (Phi) is 6.80. The van der Waals surface area contributed by atoms with Crippen molar-refractivity contribution in [2.75, 3.05) is 33.4 Å². The predicted octanol–water partition coefficient (Wildman–Crippen LogP) is 0.751. The Morgan fingerprint density at radius 1 is 1.53 bits per heavy atom. The normalized spacial score (nSPS) is 20.2. The van der Waals surface area contributed by atoms with Crippen molar-refractivity contribution in [1.29, 1.82) is 0 Å². The molecule has 1 heterocycles. The minimum absolute atomic E-state index is 0.0956. The van der Waals surface area contributed by atoms with Gasteiger partial charge in [-0.2, -0.15) is 0 Å². The molecule has 2 atom stereocenters. The van der Waals surface area contributed by atoms with Gasteiger partial charge in [0.1, 0.15) is 6.10 Å². The van der Waals surface area contributed by atoms with Gasteiger partial charge < -0.3 is 19.5 Å². The molecule has 110 valence electrons. The van der Waals surface area contributed by atoms with Crippen molar-refractivity contribution in [3.8, 4) is 0 Å². The van der Waals surface area contributed by atoms with Crippen molar-refractivity contribution in [1.82, 2.24) is 4.90 Å². The standard InChI is InChI=1S/C13H23NO5/c1-10(13(16)17)9-14(6-4-7-18-2)12(15)11-5-3-8-19-11/h10-11H,3-9H2,1-2H3,(H,16,17). The van der Waals surface area contributed by atoms with Gasteiger partial charge in [0.25, 0.3) is 5.91 Å². The van der Waals surface area contributed by atoms with Crippen LogP contribution in [0.5, 0.6) is 0 Å². The lowest BCUT2D eigenvalue weighted by Crippen LogP contribution is -2.43. The predicted molar refractivity (Wildman–Crippen MR) is 68.8 cm³/mol. The van der Waals surface area contributed by atoms with Gasteiger partial charge in [-0.3, -0.25) is 9.59 Å². The van der Waals surface area contributed by atoms with Crippen LogP contribution in [0.2, 0.25) is 0 Å². The number of hydrogen-bond acceptors (Lipinski definition) is 4. The van der Waals surface area contributed by atoms with Crippen molar-refractivity contribution >= 4 is 11.9 Å². The van der Waals surface area contributed by atoms with E-state index in [-0.39, 0.29) is 12.5 Å². The first-order chi connectivity index (χ1) is 9.06. The number of amides is 1. The van der Waals surface area contributed by atoms with E-state index in [4.69, 9.17) is 14.6 Å². The number of carboxylic acids is 1. The average Bonchev–Trinajstić information content (AvgIpc) is 2.90. The first-order valence-corrected chi connectivity index (χ1v) is 6.68. The zero-order valence-electron chi connectivity index (χ0n) is 11.6. The molecule has 0 aliphatic carbocycles. The van der Waals surface area contributed by atoms with E-state index in [2.05, 4.69) is 0 Å². The third-order valence-electron chi connectivity index (χ3n) is 3.21. The second kappa shape index (κ2) is 8.12. The third kappa shape index (κ3) is 5.16. The maximum Gasteiger partial charge on any atom is 0.308 e. The molecule has 1 N–H and O–H groups in total. The van der Waals surface area contributed by atoms with Crippen molar-refractivity contribution in [2.45, 2.75) is 32.3 Å². The first kappa shape index (κ1) is 15.9. The summed E-state index contributed by atoms with van der Waals surface area (Å²) in [5.74, 6) is -1.56. The van der Waals surface area contributed by atoms with Gasteiger partial charge in [-0.05, 0) is 19.3 Å². The molecular formula is C13H23NO5. The van der Waals surface area contributed by atoms with Crippen molar-refractivity contribution < 1.29 is 24.2 Å². The molecule has 0 aromatic heterocycles. The molecule has 0 aromatic carbocycles. The monoisotopic (exact) mass is 273 g/mol. The molecule has 0 aromatic rings. The van der Waals surface area contributed by atoms with Crippen molar-refractivity contribution in [2.24, 2.45) is 5.92 Å². The molecule has 0 saturated carbocycles. The summed E-state index contributed by atoms with van der Waals surface area (Å²) in [7, 11) is 1.60. The van der Waals surface area contributed by atoms with Gasteiger partial charge in [-0.15, -0.1) is 0 Å². The van der Waals surface area contributed by atoms with Crippen LogP contribution in [0.3, 0.4) is 0 Å². The highest BCUT2D eigenvalue weighted by atomic mass is 16.5. The van der Waals surface area contributed by atoms with Gasteiger partial charge in [-0.25, -0.2) is 0 Å². The minimum atomic E-state index is -0.892. The van der Waals surface area contributed by atoms with Crippen LogP contribution in [0.15, 0.2) is 0 Å². The van der Waals surface area contributed by atoms with E-state index < -0.39 is 18.0 Å². The number of hydrogen-bond donors (Lipinski definition) is 1. The van der Waals surface area contributed by atoms with Gasteiger partial charge in [0.2, 0.25) is 0 Å². The molecule has 0 spiro atoms. The minimum Gasteiger partial charge on any atom is -0.481 e. The summed E-state index contributed by atoms with van der Waals surface area (Å²) in [4.78, 5) is 24.8. The van der Waals surface area contributed by atoms with Gasteiger partial charge in [0, 0.05) is 33.4 Å². The topological polar surface area (TPSA) is 76.1 Å². The molecule has 0 bridgehead atoms. The SMILES string of the molecule is COCCCN(CC(C)C(=O)O)C(=O)C1CCCO1. The summed E-state index contributed by atoms with van der Waals surface area (Å²) < 4.78 is 10.3. The van der Waals surface area contributed by atoms with Crippen LogP contribution in [-0.4, -0.2) is 61.4 Å². The molecule has 1 fully saturated rings. The number of rotatable bonds is 8. The van der Waals surface area contributed by atoms with Crippen molar-refractivity contribution in [3.63, 3.8) is 0 Å². The fraction of sp³-hybridized carbons (Fsp3) is 0.846. The number of aliphatic carboxylic acids is 1. The van der Waals surface area contributed by atoms with E-state index in [0.29, 0.717) is 26.2 Å². The summed E-state index contributed by atoms with van der Waals surface area (Å²) >= 11 is 0. The van der Waals surface area contributed by atoms with Gasteiger partial charge >= 0.3 is 5.97 Å². The summed E-state index contributed by atoms with van der Waals surface area (Å²) in [5.41, 5.74) is 0. The highest BCUT2D eigenvalue weighted by Crippen LogP contribution is 2.16. The Bertz CT molecular complexity index is 301. The molecule has 6 nitrogen and oxygen atoms in total. The molecular weight excluding hydrogens is 250 g/mol. The Labute approximate surface area is 113 Å². The average molecular weight is 273 g/mol. The molecule has 19 heavy (non-hydrogen) atoms. The Morgan fingerprint density at radius 2 is 2.26 bits per heavy atom.